The zero-order chi connectivity index (χ0) is 19.2. The summed E-state index contributed by atoms with van der Waals surface area (Å²) in [5, 5.41) is 4.92. The maximum atomic E-state index is 12.4. The molecule has 0 aliphatic rings. The van der Waals surface area contributed by atoms with Crippen LogP contribution in [-0.2, 0) is 4.79 Å². The molecule has 0 radical (unpaired) electrons. The number of nitrogens with zero attached hydrogens (tertiary/aromatic N) is 1. The summed E-state index contributed by atoms with van der Waals surface area (Å²) in [4.78, 5) is 17.0. The maximum Gasteiger partial charge on any atom is 0.230 e. The average Bonchev–Trinajstić information content (AvgIpc) is 2.71. The van der Waals surface area contributed by atoms with Gasteiger partial charge in [0.1, 0.15) is 11.5 Å². The Morgan fingerprint density at radius 1 is 1.11 bits per heavy atom. The van der Waals surface area contributed by atoms with Crippen LogP contribution in [0.15, 0.2) is 59.6 Å². The first-order valence-corrected chi connectivity index (χ1v) is 9.59. The molecule has 140 valence electrons. The van der Waals surface area contributed by atoms with Crippen molar-refractivity contribution >= 4 is 28.6 Å². The Balaban J connectivity index is 1.63. The van der Waals surface area contributed by atoms with E-state index < -0.39 is 0 Å². The zero-order valence-electron chi connectivity index (χ0n) is 15.6. The van der Waals surface area contributed by atoms with E-state index in [-0.39, 0.29) is 11.9 Å². The third-order valence-electron chi connectivity index (χ3n) is 4.20. The first-order chi connectivity index (χ1) is 13.1. The van der Waals surface area contributed by atoms with Crippen LogP contribution in [0.25, 0.3) is 10.9 Å². The second kappa shape index (κ2) is 8.77. The topological polar surface area (TPSA) is 60.5 Å². The van der Waals surface area contributed by atoms with Crippen LogP contribution in [0.5, 0.6) is 11.5 Å². The van der Waals surface area contributed by atoms with E-state index in [1.165, 1.54) is 11.8 Å². The average molecular weight is 382 g/mol. The number of methoxy groups -OCH3 is 2. The van der Waals surface area contributed by atoms with Crippen LogP contribution in [0.1, 0.15) is 18.5 Å². The van der Waals surface area contributed by atoms with Crippen LogP contribution >= 0.6 is 11.8 Å². The number of amides is 1. The number of pyridine rings is 1. The van der Waals surface area contributed by atoms with E-state index in [0.29, 0.717) is 11.5 Å². The lowest BCUT2D eigenvalue weighted by Gasteiger charge is -2.18. The van der Waals surface area contributed by atoms with E-state index in [9.17, 15) is 4.79 Å². The van der Waals surface area contributed by atoms with Crippen molar-refractivity contribution in [3.63, 3.8) is 0 Å². The first kappa shape index (κ1) is 19.0. The third kappa shape index (κ3) is 4.71. The number of fused-ring (bicyclic) bond motifs is 1. The van der Waals surface area contributed by atoms with Gasteiger partial charge in [-0.15, -0.1) is 0 Å². The van der Waals surface area contributed by atoms with E-state index in [4.69, 9.17) is 9.47 Å². The first-order valence-electron chi connectivity index (χ1n) is 8.60. The molecule has 0 saturated carbocycles. The van der Waals surface area contributed by atoms with Crippen LogP contribution in [0.4, 0.5) is 0 Å². The largest absolute Gasteiger partial charge is 0.497 e. The van der Waals surface area contributed by atoms with Crippen molar-refractivity contribution in [1.29, 1.82) is 0 Å². The Kier molecular flexibility index (Phi) is 6.19. The highest BCUT2D eigenvalue weighted by atomic mass is 32.2. The lowest BCUT2D eigenvalue weighted by molar-refractivity contribution is -0.119. The van der Waals surface area contributed by atoms with E-state index in [1.54, 1.807) is 14.2 Å². The monoisotopic (exact) mass is 382 g/mol. The van der Waals surface area contributed by atoms with E-state index >= 15 is 0 Å². The molecular weight excluding hydrogens is 360 g/mol. The van der Waals surface area contributed by atoms with Gasteiger partial charge in [-0.1, -0.05) is 36.0 Å². The molecule has 1 N–H and O–H groups in total. The van der Waals surface area contributed by atoms with Crippen molar-refractivity contribution in [2.45, 2.75) is 18.0 Å². The van der Waals surface area contributed by atoms with Crippen molar-refractivity contribution < 1.29 is 14.3 Å². The van der Waals surface area contributed by atoms with Gasteiger partial charge in [0.2, 0.25) is 5.91 Å². The number of rotatable bonds is 7. The van der Waals surface area contributed by atoms with Gasteiger partial charge >= 0.3 is 0 Å². The number of benzene rings is 2. The summed E-state index contributed by atoms with van der Waals surface area (Å²) in [6.07, 6.45) is 0. The molecule has 2 aromatic carbocycles. The molecule has 6 heteroatoms. The highest BCUT2D eigenvalue weighted by Gasteiger charge is 2.15. The van der Waals surface area contributed by atoms with Crippen molar-refractivity contribution in [3.05, 3.63) is 60.2 Å². The summed E-state index contributed by atoms with van der Waals surface area (Å²) < 4.78 is 10.7. The van der Waals surface area contributed by atoms with Gasteiger partial charge in [-0.25, -0.2) is 4.98 Å². The normalized spacial score (nSPS) is 11.8. The Hall–Kier alpha value is -2.73. The van der Waals surface area contributed by atoms with Crippen molar-refractivity contribution in [1.82, 2.24) is 10.3 Å². The molecule has 0 fully saturated rings. The molecule has 0 unspecified atom stereocenters. The van der Waals surface area contributed by atoms with E-state index in [1.807, 2.05) is 61.5 Å². The van der Waals surface area contributed by atoms with Crippen LogP contribution in [0.3, 0.4) is 0 Å². The van der Waals surface area contributed by atoms with Gasteiger partial charge in [-0.2, -0.15) is 0 Å². The van der Waals surface area contributed by atoms with Crippen LogP contribution in [0.2, 0.25) is 0 Å². The van der Waals surface area contributed by atoms with Gasteiger partial charge in [-0.05, 0) is 37.3 Å². The molecule has 0 aliphatic heterocycles. The summed E-state index contributed by atoms with van der Waals surface area (Å²) >= 11 is 1.42. The Morgan fingerprint density at radius 3 is 2.70 bits per heavy atom. The Bertz CT molecular complexity index is 946. The number of nitrogens with one attached hydrogen (secondary N) is 1. The van der Waals surface area contributed by atoms with Crippen molar-refractivity contribution in [3.8, 4) is 11.5 Å². The van der Waals surface area contributed by atoms with Gasteiger partial charge in [0.05, 0.1) is 36.6 Å². The second-order valence-corrected chi connectivity index (χ2v) is 7.02. The summed E-state index contributed by atoms with van der Waals surface area (Å²) in [6, 6.07) is 17.2. The molecule has 0 aliphatic carbocycles. The summed E-state index contributed by atoms with van der Waals surface area (Å²) in [7, 11) is 3.23. The molecule has 1 heterocycles. The third-order valence-corrected chi connectivity index (χ3v) is 5.13. The smallest absolute Gasteiger partial charge is 0.230 e. The van der Waals surface area contributed by atoms with Crippen LogP contribution < -0.4 is 14.8 Å². The number of ether oxygens (including phenoxy) is 2. The molecule has 1 atom stereocenters. The van der Waals surface area contributed by atoms with E-state index in [2.05, 4.69) is 10.3 Å². The van der Waals surface area contributed by atoms with Gasteiger partial charge in [0.15, 0.2) is 0 Å². The molecule has 1 amide bonds. The minimum absolute atomic E-state index is 0.0627. The number of carbonyl (C=O) groups is 1. The molecule has 3 aromatic rings. The van der Waals surface area contributed by atoms with Gasteiger partial charge in [-0.3, -0.25) is 4.79 Å². The molecule has 27 heavy (non-hydrogen) atoms. The minimum Gasteiger partial charge on any atom is -0.497 e. The molecule has 1 aromatic heterocycles. The van der Waals surface area contributed by atoms with E-state index in [0.717, 1.165) is 27.2 Å². The van der Waals surface area contributed by atoms with Gasteiger partial charge in [0, 0.05) is 10.9 Å². The highest BCUT2D eigenvalue weighted by Crippen LogP contribution is 2.29. The lowest BCUT2D eigenvalue weighted by atomic mass is 10.1. The quantitative estimate of drug-likeness (QED) is 0.620. The zero-order valence-corrected chi connectivity index (χ0v) is 16.4. The fraction of sp³-hybridized carbons (Fsp3) is 0.238. The number of hydrogen-bond donors (Lipinski definition) is 1. The highest BCUT2D eigenvalue weighted by molar-refractivity contribution is 7.99. The number of hydrogen-bond acceptors (Lipinski definition) is 5. The van der Waals surface area contributed by atoms with Crippen LogP contribution in [0, 0.1) is 0 Å². The standard InChI is InChI=1S/C21H22N2O3S/c1-14(17-12-16(25-2)9-10-19(17)26-3)22-20(24)13-27-21-11-8-15-6-4-5-7-18(15)23-21/h4-12,14H,13H2,1-3H3,(H,22,24)/t14-/m1/s1. The fourth-order valence-corrected chi connectivity index (χ4v) is 3.50. The van der Waals surface area contributed by atoms with Gasteiger partial charge < -0.3 is 14.8 Å². The number of carbonyl (C=O) groups excluding carboxylic acids is 1. The SMILES string of the molecule is COc1ccc(OC)c([C@@H](C)NC(=O)CSc2ccc3ccccc3n2)c1. The number of thioether (sulfide) groups is 1. The second-order valence-electron chi connectivity index (χ2n) is 6.03. The summed E-state index contributed by atoms with van der Waals surface area (Å²) in [5.74, 6) is 1.67. The molecule has 0 bridgehead atoms. The predicted octanol–water partition coefficient (Wildman–Crippen LogP) is 4.22. The predicted molar refractivity (Wildman–Crippen MR) is 109 cm³/mol. The van der Waals surface area contributed by atoms with Gasteiger partial charge in [0.25, 0.3) is 0 Å². The number of para-hydroxylation sites is 1. The fourth-order valence-electron chi connectivity index (χ4n) is 2.81. The van der Waals surface area contributed by atoms with Crippen LogP contribution in [-0.4, -0.2) is 30.9 Å². The molecule has 5 nitrogen and oxygen atoms in total. The molecule has 0 spiro atoms. The lowest BCUT2D eigenvalue weighted by Crippen LogP contribution is -2.28. The minimum atomic E-state index is -0.201. The maximum absolute atomic E-state index is 12.4. The molecule has 3 rings (SSSR count). The Labute approximate surface area is 163 Å². The summed E-state index contributed by atoms with van der Waals surface area (Å²) in [6.45, 7) is 1.92. The Morgan fingerprint density at radius 2 is 1.93 bits per heavy atom. The molecular formula is C21H22N2O3S. The van der Waals surface area contributed by atoms with Crippen molar-refractivity contribution in [2.75, 3.05) is 20.0 Å². The number of aromatic nitrogens is 1. The molecule has 0 saturated heterocycles. The van der Waals surface area contributed by atoms with Crippen molar-refractivity contribution in [2.24, 2.45) is 0 Å². The summed E-state index contributed by atoms with van der Waals surface area (Å²) in [5.41, 5.74) is 1.80.